The Bertz CT molecular complexity index is 263. The second-order valence-electron chi connectivity index (χ2n) is 3.54. The van der Waals surface area contributed by atoms with E-state index in [1.165, 1.54) is 8.61 Å². The zero-order chi connectivity index (χ0) is 10.1. The van der Waals surface area contributed by atoms with Crippen molar-refractivity contribution in [3.63, 3.8) is 0 Å². The molecule has 1 unspecified atom stereocenters. The lowest BCUT2D eigenvalue weighted by molar-refractivity contribution is 0.411. The van der Waals surface area contributed by atoms with Crippen molar-refractivity contribution in [2.24, 2.45) is 11.7 Å². The predicted octanol–water partition coefficient (Wildman–Crippen LogP) is -0.927. The van der Waals surface area contributed by atoms with Crippen LogP contribution in [0.25, 0.3) is 0 Å². The molecule has 1 heterocycles. The van der Waals surface area contributed by atoms with Gasteiger partial charge in [0.15, 0.2) is 0 Å². The molecule has 0 aromatic carbocycles. The molecule has 0 aromatic rings. The molecule has 1 saturated heterocycles. The fourth-order valence-corrected chi connectivity index (χ4v) is 2.63. The van der Waals surface area contributed by atoms with E-state index < -0.39 is 10.2 Å². The van der Waals surface area contributed by atoms with Crippen molar-refractivity contribution in [3.05, 3.63) is 0 Å². The Morgan fingerprint density at radius 3 is 2.54 bits per heavy atom. The average Bonchev–Trinajstić information content (AvgIpc) is 2.51. The molecule has 0 spiro atoms. The van der Waals surface area contributed by atoms with E-state index in [9.17, 15) is 8.42 Å². The first-order valence-electron chi connectivity index (χ1n) is 4.36. The Kier molecular flexibility index (Phi) is 3.28. The monoisotopic (exact) mass is 207 g/mol. The van der Waals surface area contributed by atoms with Gasteiger partial charge in [-0.1, -0.05) is 0 Å². The van der Waals surface area contributed by atoms with Gasteiger partial charge in [0.05, 0.1) is 0 Å². The van der Waals surface area contributed by atoms with Gasteiger partial charge in [0, 0.05) is 27.2 Å². The van der Waals surface area contributed by atoms with Gasteiger partial charge in [-0.05, 0) is 18.9 Å². The topological polar surface area (TPSA) is 66.6 Å². The summed E-state index contributed by atoms with van der Waals surface area (Å²) in [6.45, 7) is 1.73. The van der Waals surface area contributed by atoms with Gasteiger partial charge in [0.2, 0.25) is 0 Å². The first-order chi connectivity index (χ1) is 5.98. The number of hydrogen-bond donors (Lipinski definition) is 1. The Labute approximate surface area is 79.7 Å². The van der Waals surface area contributed by atoms with Crippen LogP contribution in [0.3, 0.4) is 0 Å². The zero-order valence-corrected chi connectivity index (χ0v) is 8.92. The van der Waals surface area contributed by atoms with Crippen LogP contribution in [0.4, 0.5) is 0 Å². The summed E-state index contributed by atoms with van der Waals surface area (Å²) >= 11 is 0. The highest BCUT2D eigenvalue weighted by Crippen LogP contribution is 2.19. The zero-order valence-electron chi connectivity index (χ0n) is 8.10. The van der Waals surface area contributed by atoms with Crippen LogP contribution in [-0.2, 0) is 10.2 Å². The summed E-state index contributed by atoms with van der Waals surface area (Å²) in [5.41, 5.74) is 5.48. The van der Waals surface area contributed by atoms with Crippen molar-refractivity contribution in [2.45, 2.75) is 6.42 Å². The van der Waals surface area contributed by atoms with Crippen molar-refractivity contribution < 1.29 is 8.42 Å². The Morgan fingerprint density at radius 2 is 2.15 bits per heavy atom. The summed E-state index contributed by atoms with van der Waals surface area (Å²) in [4.78, 5) is 0. The van der Waals surface area contributed by atoms with E-state index in [1.807, 2.05) is 0 Å². The predicted molar refractivity (Wildman–Crippen MR) is 51.3 cm³/mol. The van der Waals surface area contributed by atoms with Crippen LogP contribution in [0.15, 0.2) is 0 Å². The normalized spacial score (nSPS) is 25.7. The van der Waals surface area contributed by atoms with E-state index in [0.717, 1.165) is 6.42 Å². The summed E-state index contributed by atoms with van der Waals surface area (Å²) in [5, 5.41) is 0. The molecular weight excluding hydrogens is 190 g/mol. The quantitative estimate of drug-likeness (QED) is 0.650. The molecule has 1 rings (SSSR count). The van der Waals surface area contributed by atoms with Gasteiger partial charge in [0.25, 0.3) is 10.2 Å². The number of nitrogens with two attached hydrogens (primary N) is 1. The molecule has 1 fully saturated rings. The lowest BCUT2D eigenvalue weighted by atomic mass is 10.1. The molecule has 0 aromatic heterocycles. The summed E-state index contributed by atoms with van der Waals surface area (Å²) in [5.74, 6) is 0.328. The molecule has 1 aliphatic rings. The molecule has 0 radical (unpaired) electrons. The summed E-state index contributed by atoms with van der Waals surface area (Å²) in [7, 11) is -0.115. The summed E-state index contributed by atoms with van der Waals surface area (Å²) < 4.78 is 25.9. The molecule has 78 valence electrons. The Balaban J connectivity index is 2.66. The Morgan fingerprint density at radius 1 is 1.54 bits per heavy atom. The second kappa shape index (κ2) is 3.91. The maximum Gasteiger partial charge on any atom is 0.281 e. The number of nitrogens with zero attached hydrogens (tertiary/aromatic N) is 2. The van der Waals surface area contributed by atoms with E-state index >= 15 is 0 Å². The van der Waals surface area contributed by atoms with Crippen molar-refractivity contribution in [1.29, 1.82) is 0 Å². The van der Waals surface area contributed by atoms with Crippen molar-refractivity contribution in [1.82, 2.24) is 8.61 Å². The highest BCUT2D eigenvalue weighted by molar-refractivity contribution is 7.86. The maximum atomic E-state index is 11.6. The molecular formula is C7H17N3O2S. The smallest absolute Gasteiger partial charge is 0.281 e. The Hall–Kier alpha value is -0.170. The van der Waals surface area contributed by atoms with Gasteiger partial charge in [0.1, 0.15) is 0 Å². The SMILES string of the molecule is CN(C)S(=O)(=O)N1CCC(CN)C1. The van der Waals surface area contributed by atoms with Crippen molar-refractivity contribution in [2.75, 3.05) is 33.7 Å². The third-order valence-electron chi connectivity index (χ3n) is 2.37. The summed E-state index contributed by atoms with van der Waals surface area (Å²) in [6, 6.07) is 0. The molecule has 2 N–H and O–H groups in total. The standard InChI is InChI=1S/C7H17N3O2S/c1-9(2)13(11,12)10-4-3-7(5-8)6-10/h7H,3-6,8H2,1-2H3. The van der Waals surface area contributed by atoms with E-state index in [4.69, 9.17) is 5.73 Å². The minimum Gasteiger partial charge on any atom is -0.330 e. The fourth-order valence-electron chi connectivity index (χ4n) is 1.43. The fraction of sp³-hybridized carbons (Fsp3) is 1.00. The third-order valence-corrected chi connectivity index (χ3v) is 4.28. The van der Waals surface area contributed by atoms with Crippen molar-refractivity contribution >= 4 is 10.2 Å². The van der Waals surface area contributed by atoms with E-state index in [0.29, 0.717) is 25.6 Å². The van der Waals surface area contributed by atoms with Crippen molar-refractivity contribution in [3.8, 4) is 0 Å². The first kappa shape index (κ1) is 10.9. The van der Waals surface area contributed by atoms with Crippen LogP contribution < -0.4 is 5.73 Å². The first-order valence-corrected chi connectivity index (χ1v) is 5.76. The van der Waals surface area contributed by atoms with Crippen LogP contribution in [0.5, 0.6) is 0 Å². The molecule has 0 amide bonds. The number of hydrogen-bond acceptors (Lipinski definition) is 3. The molecule has 13 heavy (non-hydrogen) atoms. The van der Waals surface area contributed by atoms with E-state index in [-0.39, 0.29) is 0 Å². The van der Waals surface area contributed by atoms with Crippen LogP contribution in [-0.4, -0.2) is 50.8 Å². The molecule has 0 aliphatic carbocycles. The van der Waals surface area contributed by atoms with Gasteiger partial charge in [-0.2, -0.15) is 17.0 Å². The van der Waals surface area contributed by atoms with Gasteiger partial charge in [-0.15, -0.1) is 0 Å². The molecule has 6 heteroatoms. The van der Waals surface area contributed by atoms with Crippen LogP contribution in [0, 0.1) is 5.92 Å². The highest BCUT2D eigenvalue weighted by atomic mass is 32.2. The van der Waals surface area contributed by atoms with Crippen LogP contribution >= 0.6 is 0 Å². The average molecular weight is 207 g/mol. The molecule has 0 bridgehead atoms. The van der Waals surface area contributed by atoms with Gasteiger partial charge >= 0.3 is 0 Å². The molecule has 1 atom stereocenters. The molecule has 1 aliphatic heterocycles. The van der Waals surface area contributed by atoms with Crippen LogP contribution in [0.1, 0.15) is 6.42 Å². The van der Waals surface area contributed by atoms with Gasteiger partial charge in [-0.3, -0.25) is 0 Å². The second-order valence-corrected chi connectivity index (χ2v) is 5.68. The minimum absolute atomic E-state index is 0.328. The molecule has 0 saturated carbocycles. The minimum atomic E-state index is -3.21. The van der Waals surface area contributed by atoms with E-state index in [1.54, 1.807) is 14.1 Å². The maximum absolute atomic E-state index is 11.6. The highest BCUT2D eigenvalue weighted by Gasteiger charge is 2.31. The van der Waals surface area contributed by atoms with E-state index in [2.05, 4.69) is 0 Å². The lowest BCUT2D eigenvalue weighted by Crippen LogP contribution is -2.38. The largest absolute Gasteiger partial charge is 0.330 e. The van der Waals surface area contributed by atoms with Gasteiger partial charge < -0.3 is 5.73 Å². The third kappa shape index (κ3) is 2.19. The molecule has 5 nitrogen and oxygen atoms in total. The lowest BCUT2D eigenvalue weighted by Gasteiger charge is -2.20. The summed E-state index contributed by atoms with van der Waals surface area (Å²) in [6.07, 6.45) is 0.879. The van der Waals surface area contributed by atoms with Crippen LogP contribution in [0.2, 0.25) is 0 Å². The van der Waals surface area contributed by atoms with Gasteiger partial charge in [-0.25, -0.2) is 0 Å². The number of rotatable bonds is 3.